The molecule has 0 fully saturated rings. The van der Waals surface area contributed by atoms with Crippen molar-refractivity contribution in [2.75, 3.05) is 5.32 Å². The molecule has 2 aromatic heterocycles. The molecule has 88 valence electrons. The van der Waals surface area contributed by atoms with Crippen molar-refractivity contribution in [1.29, 1.82) is 0 Å². The number of nitrogens with zero attached hydrogens (tertiary/aromatic N) is 1. The van der Waals surface area contributed by atoms with E-state index in [0.29, 0.717) is 5.82 Å². The van der Waals surface area contributed by atoms with Gasteiger partial charge >= 0.3 is 5.63 Å². The van der Waals surface area contributed by atoms with Gasteiger partial charge in [-0.1, -0.05) is 6.92 Å². The third-order valence-electron chi connectivity index (χ3n) is 2.30. The van der Waals surface area contributed by atoms with Crippen LogP contribution in [0.2, 0.25) is 0 Å². The minimum Gasteiger partial charge on any atom is -0.430 e. The molecule has 0 aliphatic rings. The number of aromatic nitrogens is 2. The molecular formula is C11H11N3O3. The molecule has 2 N–H and O–H groups in total. The molecule has 0 bridgehead atoms. The molecule has 2 rings (SSSR count). The van der Waals surface area contributed by atoms with Gasteiger partial charge in [0.05, 0.1) is 11.8 Å². The first-order valence-corrected chi connectivity index (χ1v) is 5.13. The smallest absolute Gasteiger partial charge is 0.335 e. The van der Waals surface area contributed by atoms with Crippen molar-refractivity contribution in [1.82, 2.24) is 10.2 Å². The molecule has 2 heterocycles. The Morgan fingerprint density at radius 3 is 3.00 bits per heavy atom. The molecule has 0 saturated heterocycles. The average molecular weight is 233 g/mol. The Balaban J connectivity index is 2.17. The minimum absolute atomic E-state index is 0.279. The summed E-state index contributed by atoms with van der Waals surface area (Å²) >= 11 is 0. The summed E-state index contributed by atoms with van der Waals surface area (Å²) in [6.45, 7) is 1.96. The van der Waals surface area contributed by atoms with Crippen LogP contribution >= 0.6 is 0 Å². The molecule has 0 radical (unpaired) electrons. The summed E-state index contributed by atoms with van der Waals surface area (Å²) in [4.78, 5) is 22.5. The zero-order valence-electron chi connectivity index (χ0n) is 9.19. The Hall–Kier alpha value is -2.37. The molecule has 0 aliphatic heterocycles. The first-order chi connectivity index (χ1) is 8.20. The summed E-state index contributed by atoms with van der Waals surface area (Å²) in [5, 5.41) is 9.19. The van der Waals surface area contributed by atoms with Gasteiger partial charge in [0.1, 0.15) is 12.1 Å². The fraction of sp³-hybridized carbons (Fsp3) is 0.182. The van der Waals surface area contributed by atoms with E-state index in [1.807, 2.05) is 6.92 Å². The highest BCUT2D eigenvalue weighted by atomic mass is 16.4. The highest BCUT2D eigenvalue weighted by Crippen LogP contribution is 2.12. The zero-order valence-corrected chi connectivity index (χ0v) is 9.19. The van der Waals surface area contributed by atoms with Gasteiger partial charge in [0.2, 0.25) is 0 Å². The van der Waals surface area contributed by atoms with Crippen LogP contribution in [-0.2, 0) is 6.42 Å². The van der Waals surface area contributed by atoms with Gasteiger partial charge in [-0.2, -0.15) is 5.10 Å². The van der Waals surface area contributed by atoms with Crippen molar-refractivity contribution in [3.05, 3.63) is 46.1 Å². The molecule has 2 aromatic rings. The van der Waals surface area contributed by atoms with Crippen molar-refractivity contribution in [2.24, 2.45) is 0 Å². The van der Waals surface area contributed by atoms with Gasteiger partial charge in [0.25, 0.3) is 5.91 Å². The van der Waals surface area contributed by atoms with E-state index in [2.05, 4.69) is 19.9 Å². The molecule has 17 heavy (non-hydrogen) atoms. The number of anilines is 1. The molecule has 1 amide bonds. The second-order valence-electron chi connectivity index (χ2n) is 3.42. The van der Waals surface area contributed by atoms with Crippen LogP contribution in [0.3, 0.4) is 0 Å². The van der Waals surface area contributed by atoms with Crippen LogP contribution in [0.25, 0.3) is 0 Å². The Labute approximate surface area is 96.7 Å². The van der Waals surface area contributed by atoms with E-state index >= 15 is 0 Å². The highest BCUT2D eigenvalue weighted by molar-refractivity contribution is 6.03. The zero-order chi connectivity index (χ0) is 12.3. The second kappa shape index (κ2) is 4.65. The number of aryl methyl sites for hydroxylation is 1. The minimum atomic E-state index is -0.489. The summed E-state index contributed by atoms with van der Waals surface area (Å²) in [7, 11) is 0. The number of amides is 1. The van der Waals surface area contributed by atoms with Crippen LogP contribution in [0.15, 0.2) is 33.8 Å². The lowest BCUT2D eigenvalue weighted by Crippen LogP contribution is -2.14. The molecule has 0 atom stereocenters. The SMILES string of the molecule is CCc1cn[nH]c1NC(=O)c1ccc(=O)oc1. The lowest BCUT2D eigenvalue weighted by Gasteiger charge is -2.03. The number of nitrogens with one attached hydrogen (secondary N) is 2. The van der Waals surface area contributed by atoms with Crippen LogP contribution in [0.4, 0.5) is 5.82 Å². The lowest BCUT2D eigenvalue weighted by atomic mass is 10.2. The van der Waals surface area contributed by atoms with Crippen LogP contribution in [0, 0.1) is 0 Å². The number of carbonyl (C=O) groups is 1. The summed E-state index contributed by atoms with van der Waals surface area (Å²) in [5.41, 5.74) is 0.703. The Morgan fingerprint density at radius 2 is 2.35 bits per heavy atom. The van der Waals surface area contributed by atoms with Gasteiger partial charge in [-0.25, -0.2) is 4.79 Å². The maximum atomic E-state index is 11.8. The Kier molecular flexibility index (Phi) is 3.04. The van der Waals surface area contributed by atoms with Crippen LogP contribution in [-0.4, -0.2) is 16.1 Å². The molecule has 0 unspecified atom stereocenters. The Morgan fingerprint density at radius 1 is 1.53 bits per heavy atom. The van der Waals surface area contributed by atoms with Crippen LogP contribution in [0.5, 0.6) is 0 Å². The summed E-state index contributed by atoms with van der Waals surface area (Å²) in [5.74, 6) is 0.205. The third-order valence-corrected chi connectivity index (χ3v) is 2.30. The number of rotatable bonds is 3. The quantitative estimate of drug-likeness (QED) is 0.833. The molecular weight excluding hydrogens is 222 g/mol. The van der Waals surface area contributed by atoms with E-state index in [-0.39, 0.29) is 11.5 Å². The molecule has 0 aromatic carbocycles. The Bertz CT molecular complexity index is 565. The molecule has 6 nitrogen and oxygen atoms in total. The van der Waals surface area contributed by atoms with E-state index in [1.54, 1.807) is 6.20 Å². The highest BCUT2D eigenvalue weighted by Gasteiger charge is 2.10. The topological polar surface area (TPSA) is 88.0 Å². The van der Waals surface area contributed by atoms with Crippen LogP contribution in [0.1, 0.15) is 22.8 Å². The van der Waals surface area contributed by atoms with Gasteiger partial charge in [-0.05, 0) is 12.5 Å². The standard InChI is InChI=1S/C11H11N3O3/c1-2-7-5-12-14-10(7)13-11(16)8-3-4-9(15)17-6-8/h3-6H,2H2,1H3,(H2,12,13,14,16). The molecule has 6 heteroatoms. The van der Waals surface area contributed by atoms with Crippen molar-refractivity contribution in [2.45, 2.75) is 13.3 Å². The summed E-state index contributed by atoms with van der Waals surface area (Å²) < 4.78 is 4.61. The summed E-state index contributed by atoms with van der Waals surface area (Å²) in [6.07, 6.45) is 3.54. The maximum absolute atomic E-state index is 11.8. The van der Waals surface area contributed by atoms with Gasteiger partial charge in [-0.15, -0.1) is 0 Å². The molecule has 0 saturated carbocycles. The van der Waals surface area contributed by atoms with Gasteiger partial charge in [-0.3, -0.25) is 9.89 Å². The van der Waals surface area contributed by atoms with E-state index in [9.17, 15) is 9.59 Å². The van der Waals surface area contributed by atoms with Crippen molar-refractivity contribution in [3.63, 3.8) is 0 Å². The fourth-order valence-electron chi connectivity index (χ4n) is 1.36. The molecule has 0 spiro atoms. The van der Waals surface area contributed by atoms with E-state index < -0.39 is 5.63 Å². The normalized spacial score (nSPS) is 10.2. The van der Waals surface area contributed by atoms with Gasteiger partial charge in [0, 0.05) is 11.6 Å². The van der Waals surface area contributed by atoms with Crippen molar-refractivity contribution in [3.8, 4) is 0 Å². The lowest BCUT2D eigenvalue weighted by molar-refractivity contribution is 0.102. The van der Waals surface area contributed by atoms with Crippen molar-refractivity contribution < 1.29 is 9.21 Å². The molecule has 0 aliphatic carbocycles. The van der Waals surface area contributed by atoms with Gasteiger partial charge < -0.3 is 9.73 Å². The summed E-state index contributed by atoms with van der Waals surface area (Å²) in [6, 6.07) is 2.60. The third kappa shape index (κ3) is 2.41. The maximum Gasteiger partial charge on any atom is 0.335 e. The average Bonchev–Trinajstić information content (AvgIpc) is 2.77. The van der Waals surface area contributed by atoms with Gasteiger partial charge in [0.15, 0.2) is 0 Å². The number of aromatic amines is 1. The number of H-pyrrole nitrogens is 1. The second-order valence-corrected chi connectivity index (χ2v) is 3.42. The monoisotopic (exact) mass is 233 g/mol. The number of carbonyl (C=O) groups excluding carboxylic acids is 1. The van der Waals surface area contributed by atoms with E-state index in [1.165, 1.54) is 12.1 Å². The van der Waals surface area contributed by atoms with Crippen LogP contribution < -0.4 is 10.9 Å². The van der Waals surface area contributed by atoms with E-state index in [0.717, 1.165) is 18.2 Å². The largest absolute Gasteiger partial charge is 0.430 e. The number of hydrogen-bond acceptors (Lipinski definition) is 4. The number of hydrogen-bond donors (Lipinski definition) is 2. The van der Waals surface area contributed by atoms with E-state index in [4.69, 9.17) is 0 Å². The predicted octanol–water partition coefficient (Wildman–Crippen LogP) is 1.18. The first-order valence-electron chi connectivity index (χ1n) is 5.13. The predicted molar refractivity (Wildman–Crippen MR) is 60.9 cm³/mol. The fourth-order valence-corrected chi connectivity index (χ4v) is 1.36. The first kappa shape index (κ1) is 11.1. The van der Waals surface area contributed by atoms with Crippen molar-refractivity contribution >= 4 is 11.7 Å².